The van der Waals surface area contributed by atoms with Gasteiger partial charge in [-0.15, -0.1) is 35.3 Å². The number of nitrogens with zero attached hydrogens (tertiary/aromatic N) is 2. The Morgan fingerprint density at radius 3 is 2.55 bits per heavy atom. The van der Waals surface area contributed by atoms with Gasteiger partial charge in [-0.3, -0.25) is 4.99 Å². The molecule has 1 aromatic heterocycles. The van der Waals surface area contributed by atoms with E-state index in [1.165, 1.54) is 24.3 Å². The number of aromatic nitrogens is 1. The van der Waals surface area contributed by atoms with Crippen LogP contribution in [0.3, 0.4) is 0 Å². The van der Waals surface area contributed by atoms with Gasteiger partial charge in [0.25, 0.3) is 0 Å². The Kier molecular flexibility index (Phi) is 8.67. The molecular formula is C16H29IN4S. The summed E-state index contributed by atoms with van der Waals surface area (Å²) in [5.41, 5.74) is 1.10. The Balaban J connectivity index is 0.00000242. The van der Waals surface area contributed by atoms with Crippen LogP contribution in [0.25, 0.3) is 0 Å². The van der Waals surface area contributed by atoms with Crippen molar-refractivity contribution in [3.05, 3.63) is 16.1 Å². The monoisotopic (exact) mass is 436 g/mol. The summed E-state index contributed by atoms with van der Waals surface area (Å²) in [7, 11) is 1.84. The van der Waals surface area contributed by atoms with Gasteiger partial charge in [0, 0.05) is 18.5 Å². The number of nitrogens with one attached hydrogen (secondary N) is 2. The summed E-state index contributed by atoms with van der Waals surface area (Å²) in [4.78, 5) is 8.92. The maximum Gasteiger partial charge on any atom is 0.191 e. The first-order valence-corrected chi connectivity index (χ1v) is 8.89. The zero-order valence-electron chi connectivity index (χ0n) is 14.1. The normalized spacial score (nSPS) is 25.5. The van der Waals surface area contributed by atoms with Gasteiger partial charge in [0.05, 0.1) is 17.2 Å². The average Bonchev–Trinajstić information content (AvgIpc) is 2.90. The third-order valence-corrected chi connectivity index (χ3v) is 5.12. The minimum Gasteiger partial charge on any atom is -0.354 e. The molecule has 6 heteroatoms. The van der Waals surface area contributed by atoms with Crippen molar-refractivity contribution in [1.29, 1.82) is 0 Å². The van der Waals surface area contributed by atoms with Crippen LogP contribution in [0.2, 0.25) is 0 Å². The molecule has 1 aliphatic rings. The fraction of sp³-hybridized carbons (Fsp3) is 0.750. The number of guanidine groups is 1. The van der Waals surface area contributed by atoms with E-state index in [1.807, 2.05) is 7.05 Å². The molecule has 2 N–H and O–H groups in total. The Morgan fingerprint density at radius 2 is 2.00 bits per heavy atom. The molecule has 2 unspecified atom stereocenters. The first kappa shape index (κ1) is 19.7. The molecule has 1 fully saturated rings. The predicted molar refractivity (Wildman–Crippen MR) is 106 cm³/mol. The van der Waals surface area contributed by atoms with E-state index in [-0.39, 0.29) is 24.0 Å². The lowest BCUT2D eigenvalue weighted by atomic mass is 9.80. The van der Waals surface area contributed by atoms with E-state index in [4.69, 9.17) is 0 Å². The molecule has 22 heavy (non-hydrogen) atoms. The summed E-state index contributed by atoms with van der Waals surface area (Å²) in [5.74, 6) is 2.50. The van der Waals surface area contributed by atoms with Crippen LogP contribution >= 0.6 is 35.3 Å². The number of aryl methyl sites for hydroxylation is 1. The Hall–Kier alpha value is -0.370. The van der Waals surface area contributed by atoms with Crippen LogP contribution in [0.15, 0.2) is 10.4 Å². The minimum absolute atomic E-state index is 0. The molecule has 2 rings (SSSR count). The van der Waals surface area contributed by atoms with E-state index in [9.17, 15) is 0 Å². The molecule has 1 aliphatic carbocycles. The molecule has 0 spiro atoms. The highest BCUT2D eigenvalue weighted by Crippen LogP contribution is 2.28. The van der Waals surface area contributed by atoms with Crippen molar-refractivity contribution in [1.82, 2.24) is 15.6 Å². The quantitative estimate of drug-likeness (QED) is 0.429. The molecule has 2 atom stereocenters. The lowest BCUT2D eigenvalue weighted by Crippen LogP contribution is -2.46. The van der Waals surface area contributed by atoms with Gasteiger partial charge in [-0.25, -0.2) is 4.98 Å². The van der Waals surface area contributed by atoms with E-state index in [0.717, 1.165) is 36.5 Å². The van der Waals surface area contributed by atoms with Crippen molar-refractivity contribution >= 4 is 41.3 Å². The van der Waals surface area contributed by atoms with Gasteiger partial charge >= 0.3 is 0 Å². The highest BCUT2D eigenvalue weighted by atomic mass is 127. The molecule has 0 bridgehead atoms. The number of rotatable bonds is 4. The maximum absolute atomic E-state index is 4.58. The van der Waals surface area contributed by atoms with Gasteiger partial charge in [0.2, 0.25) is 0 Å². The van der Waals surface area contributed by atoms with Crippen LogP contribution in [0, 0.1) is 11.8 Å². The van der Waals surface area contributed by atoms with Crippen LogP contribution in [-0.4, -0.2) is 24.0 Å². The summed E-state index contributed by atoms with van der Waals surface area (Å²) in [6, 6.07) is 0.539. The topological polar surface area (TPSA) is 49.3 Å². The largest absolute Gasteiger partial charge is 0.354 e. The fourth-order valence-electron chi connectivity index (χ4n) is 3.22. The van der Waals surface area contributed by atoms with Crippen LogP contribution in [0.4, 0.5) is 0 Å². The third kappa shape index (κ3) is 6.02. The van der Waals surface area contributed by atoms with E-state index < -0.39 is 0 Å². The lowest BCUT2D eigenvalue weighted by molar-refractivity contribution is 0.255. The molecule has 0 radical (unpaired) electrons. The molecule has 1 heterocycles. The predicted octanol–water partition coefficient (Wildman–Crippen LogP) is 3.81. The molecule has 1 aromatic rings. The van der Waals surface area contributed by atoms with E-state index in [0.29, 0.717) is 6.04 Å². The van der Waals surface area contributed by atoms with Gasteiger partial charge in [-0.05, 0) is 37.5 Å². The molecule has 1 saturated carbocycles. The van der Waals surface area contributed by atoms with Crippen LogP contribution < -0.4 is 10.6 Å². The first-order valence-electron chi connectivity index (χ1n) is 8.01. The number of halogens is 1. The van der Waals surface area contributed by atoms with Gasteiger partial charge in [-0.1, -0.05) is 20.8 Å². The van der Waals surface area contributed by atoms with E-state index in [2.05, 4.69) is 46.8 Å². The lowest BCUT2D eigenvalue weighted by Gasteiger charge is -2.32. The maximum atomic E-state index is 4.58. The average molecular weight is 436 g/mol. The van der Waals surface area contributed by atoms with Crippen molar-refractivity contribution in [3.63, 3.8) is 0 Å². The van der Waals surface area contributed by atoms with Gasteiger partial charge < -0.3 is 10.6 Å². The summed E-state index contributed by atoms with van der Waals surface area (Å²) in [6.07, 6.45) is 4.84. The fourth-order valence-corrected chi connectivity index (χ4v) is 3.96. The number of thiazole rings is 1. The molecule has 0 aliphatic heterocycles. The second-order valence-electron chi connectivity index (χ2n) is 6.27. The minimum atomic E-state index is 0. The zero-order valence-corrected chi connectivity index (χ0v) is 17.2. The Morgan fingerprint density at radius 1 is 1.32 bits per heavy atom. The van der Waals surface area contributed by atoms with Crippen LogP contribution in [0.5, 0.6) is 0 Å². The molecule has 0 aromatic carbocycles. The summed E-state index contributed by atoms with van der Waals surface area (Å²) >= 11 is 1.73. The SMILES string of the molecule is CCc1nc(CNC(=NC)NC2CC(C)CC(C)C2)cs1.I. The van der Waals surface area contributed by atoms with Gasteiger partial charge in [0.15, 0.2) is 5.96 Å². The molecule has 4 nitrogen and oxygen atoms in total. The zero-order chi connectivity index (χ0) is 15.2. The first-order chi connectivity index (χ1) is 10.1. The number of hydrogen-bond acceptors (Lipinski definition) is 3. The van der Waals surface area contributed by atoms with Gasteiger partial charge in [-0.2, -0.15) is 0 Å². The second-order valence-corrected chi connectivity index (χ2v) is 7.21. The van der Waals surface area contributed by atoms with Crippen molar-refractivity contribution < 1.29 is 0 Å². The van der Waals surface area contributed by atoms with Crippen molar-refractivity contribution in [2.45, 2.75) is 59.0 Å². The summed E-state index contributed by atoms with van der Waals surface area (Å²) < 4.78 is 0. The van der Waals surface area contributed by atoms with Crippen molar-refractivity contribution in [2.75, 3.05) is 7.05 Å². The van der Waals surface area contributed by atoms with Crippen LogP contribution in [0.1, 0.15) is 50.7 Å². The molecule has 0 saturated heterocycles. The summed E-state index contributed by atoms with van der Waals surface area (Å²) in [5, 5.41) is 10.3. The highest BCUT2D eigenvalue weighted by Gasteiger charge is 2.24. The van der Waals surface area contributed by atoms with Crippen LogP contribution in [-0.2, 0) is 13.0 Å². The highest BCUT2D eigenvalue weighted by molar-refractivity contribution is 14.0. The smallest absolute Gasteiger partial charge is 0.191 e. The Labute approximate surface area is 155 Å². The molecule has 126 valence electrons. The van der Waals surface area contributed by atoms with Gasteiger partial charge in [0.1, 0.15) is 0 Å². The van der Waals surface area contributed by atoms with Crippen molar-refractivity contribution in [3.8, 4) is 0 Å². The molecule has 0 amide bonds. The van der Waals surface area contributed by atoms with E-state index >= 15 is 0 Å². The van der Waals surface area contributed by atoms with E-state index in [1.54, 1.807) is 11.3 Å². The number of aliphatic imine (C=N–C) groups is 1. The standard InChI is InChI=1S/C16H28N4S.HI/c1-5-15-19-14(10-21-15)9-18-16(17-4)20-13-7-11(2)6-12(3)8-13;/h10-13H,5-9H2,1-4H3,(H2,17,18,20);1H. The number of hydrogen-bond donors (Lipinski definition) is 2. The molecular weight excluding hydrogens is 407 g/mol. The summed E-state index contributed by atoms with van der Waals surface area (Å²) in [6.45, 7) is 7.58. The van der Waals surface area contributed by atoms with Crippen molar-refractivity contribution in [2.24, 2.45) is 16.8 Å². The Bertz CT molecular complexity index is 464. The second kappa shape index (κ2) is 9.70. The third-order valence-electron chi connectivity index (χ3n) is 4.08.